The molecule has 21 heavy (non-hydrogen) atoms. The molecule has 0 saturated carbocycles. The molecule has 0 saturated heterocycles. The van der Waals surface area contributed by atoms with Crippen LogP contribution in [0.5, 0.6) is 5.75 Å². The Bertz CT molecular complexity index is 420. The SMILES string of the molecule is CCOc1ccc(CN(C)C(=S)NCCCN(C)C)cc1. The van der Waals surface area contributed by atoms with Gasteiger partial charge in [0.25, 0.3) is 0 Å². The Labute approximate surface area is 134 Å². The summed E-state index contributed by atoms with van der Waals surface area (Å²) >= 11 is 5.40. The molecule has 0 atom stereocenters. The molecule has 5 heteroatoms. The predicted octanol–water partition coefficient (Wildman–Crippen LogP) is 2.34. The molecule has 1 rings (SSSR count). The predicted molar refractivity (Wildman–Crippen MR) is 92.8 cm³/mol. The smallest absolute Gasteiger partial charge is 0.168 e. The molecule has 0 heterocycles. The third-order valence-corrected chi connectivity index (χ3v) is 3.52. The van der Waals surface area contributed by atoms with Crippen LogP contribution < -0.4 is 10.1 Å². The van der Waals surface area contributed by atoms with E-state index in [2.05, 4.69) is 41.3 Å². The zero-order valence-corrected chi connectivity index (χ0v) is 14.4. The fourth-order valence-corrected chi connectivity index (χ4v) is 2.10. The fraction of sp³-hybridized carbons (Fsp3) is 0.562. The van der Waals surface area contributed by atoms with Crippen molar-refractivity contribution in [1.82, 2.24) is 15.1 Å². The first-order valence-corrected chi connectivity index (χ1v) is 7.79. The van der Waals surface area contributed by atoms with Crippen LogP contribution in [-0.2, 0) is 6.54 Å². The van der Waals surface area contributed by atoms with E-state index in [1.165, 1.54) is 5.56 Å². The molecule has 1 aromatic carbocycles. The highest BCUT2D eigenvalue weighted by molar-refractivity contribution is 7.80. The van der Waals surface area contributed by atoms with Crippen LogP contribution in [-0.4, -0.2) is 55.8 Å². The first-order valence-electron chi connectivity index (χ1n) is 7.38. The molecule has 0 aliphatic carbocycles. The summed E-state index contributed by atoms with van der Waals surface area (Å²) in [7, 11) is 6.17. The number of nitrogens with zero attached hydrogens (tertiary/aromatic N) is 2. The molecular formula is C16H27N3OS. The lowest BCUT2D eigenvalue weighted by Crippen LogP contribution is -2.37. The molecule has 1 aromatic rings. The average Bonchev–Trinajstić information content (AvgIpc) is 2.45. The van der Waals surface area contributed by atoms with E-state index in [9.17, 15) is 0 Å². The third-order valence-electron chi connectivity index (χ3n) is 3.06. The highest BCUT2D eigenvalue weighted by atomic mass is 32.1. The Morgan fingerprint density at radius 2 is 1.86 bits per heavy atom. The third kappa shape index (κ3) is 7.29. The van der Waals surface area contributed by atoms with Gasteiger partial charge in [0.05, 0.1) is 6.61 Å². The summed E-state index contributed by atoms with van der Waals surface area (Å²) in [5, 5.41) is 4.09. The molecule has 0 fully saturated rings. The van der Waals surface area contributed by atoms with E-state index in [-0.39, 0.29) is 0 Å². The van der Waals surface area contributed by atoms with Gasteiger partial charge in [-0.15, -0.1) is 0 Å². The van der Waals surface area contributed by atoms with Gasteiger partial charge in [-0.25, -0.2) is 0 Å². The van der Waals surface area contributed by atoms with Gasteiger partial charge in [-0.3, -0.25) is 0 Å². The maximum absolute atomic E-state index is 5.44. The highest BCUT2D eigenvalue weighted by Gasteiger charge is 2.05. The lowest BCUT2D eigenvalue weighted by atomic mass is 10.2. The number of benzene rings is 1. The number of nitrogens with one attached hydrogen (secondary N) is 1. The summed E-state index contributed by atoms with van der Waals surface area (Å²) in [6.45, 7) is 5.46. The van der Waals surface area contributed by atoms with E-state index in [1.807, 2.05) is 26.1 Å². The molecule has 0 aliphatic heterocycles. The van der Waals surface area contributed by atoms with Crippen LogP contribution in [0.15, 0.2) is 24.3 Å². The summed E-state index contributed by atoms with van der Waals surface area (Å²) in [4.78, 5) is 4.23. The maximum Gasteiger partial charge on any atom is 0.168 e. The Hall–Kier alpha value is -1.33. The van der Waals surface area contributed by atoms with Crippen LogP contribution in [0.1, 0.15) is 18.9 Å². The van der Waals surface area contributed by atoms with Crippen molar-refractivity contribution in [1.29, 1.82) is 0 Å². The van der Waals surface area contributed by atoms with E-state index in [0.717, 1.165) is 36.9 Å². The van der Waals surface area contributed by atoms with Crippen LogP contribution >= 0.6 is 12.2 Å². The molecule has 1 N–H and O–H groups in total. The topological polar surface area (TPSA) is 27.7 Å². The molecule has 0 aromatic heterocycles. The highest BCUT2D eigenvalue weighted by Crippen LogP contribution is 2.13. The first kappa shape index (κ1) is 17.7. The maximum atomic E-state index is 5.44. The number of hydrogen-bond donors (Lipinski definition) is 1. The summed E-state index contributed by atoms with van der Waals surface area (Å²) < 4.78 is 5.44. The second-order valence-electron chi connectivity index (χ2n) is 5.32. The van der Waals surface area contributed by atoms with Crippen molar-refractivity contribution in [3.05, 3.63) is 29.8 Å². The molecule has 4 nitrogen and oxygen atoms in total. The summed E-state index contributed by atoms with van der Waals surface area (Å²) in [5.41, 5.74) is 1.22. The van der Waals surface area contributed by atoms with Gasteiger partial charge >= 0.3 is 0 Å². The van der Waals surface area contributed by atoms with Crippen molar-refractivity contribution < 1.29 is 4.74 Å². The molecule has 0 unspecified atom stereocenters. The van der Waals surface area contributed by atoms with Crippen LogP contribution in [0.25, 0.3) is 0 Å². The molecule has 0 aliphatic rings. The minimum Gasteiger partial charge on any atom is -0.494 e. The molecule has 0 spiro atoms. The lowest BCUT2D eigenvalue weighted by molar-refractivity contribution is 0.340. The van der Waals surface area contributed by atoms with Crippen molar-refractivity contribution >= 4 is 17.3 Å². The normalized spacial score (nSPS) is 10.5. The van der Waals surface area contributed by atoms with Gasteiger partial charge in [-0.05, 0) is 63.9 Å². The van der Waals surface area contributed by atoms with Crippen LogP contribution in [0, 0.1) is 0 Å². The van der Waals surface area contributed by atoms with Crippen LogP contribution in [0.2, 0.25) is 0 Å². The van der Waals surface area contributed by atoms with E-state index in [0.29, 0.717) is 6.61 Å². The molecule has 0 bridgehead atoms. The molecule has 118 valence electrons. The second-order valence-corrected chi connectivity index (χ2v) is 5.71. The average molecular weight is 309 g/mol. The van der Waals surface area contributed by atoms with Crippen molar-refractivity contribution in [2.24, 2.45) is 0 Å². The zero-order valence-electron chi connectivity index (χ0n) is 13.6. The largest absolute Gasteiger partial charge is 0.494 e. The lowest BCUT2D eigenvalue weighted by Gasteiger charge is -2.21. The van der Waals surface area contributed by atoms with Gasteiger partial charge in [0, 0.05) is 20.1 Å². The minimum atomic E-state index is 0.695. The van der Waals surface area contributed by atoms with Crippen LogP contribution in [0.3, 0.4) is 0 Å². The summed E-state index contributed by atoms with van der Waals surface area (Å²) in [5.74, 6) is 0.910. The Morgan fingerprint density at radius 3 is 2.43 bits per heavy atom. The van der Waals surface area contributed by atoms with Crippen molar-refractivity contribution in [3.8, 4) is 5.75 Å². The van der Waals surface area contributed by atoms with E-state index in [4.69, 9.17) is 17.0 Å². The van der Waals surface area contributed by atoms with Gasteiger partial charge in [-0.1, -0.05) is 12.1 Å². The fourth-order valence-electron chi connectivity index (χ4n) is 1.93. The number of thiocarbonyl (C=S) groups is 1. The Balaban J connectivity index is 2.34. The van der Waals surface area contributed by atoms with E-state index >= 15 is 0 Å². The number of hydrogen-bond acceptors (Lipinski definition) is 3. The van der Waals surface area contributed by atoms with Crippen molar-refractivity contribution in [2.75, 3.05) is 40.8 Å². The van der Waals surface area contributed by atoms with Gasteiger partial charge in [-0.2, -0.15) is 0 Å². The number of rotatable bonds is 8. The minimum absolute atomic E-state index is 0.695. The van der Waals surface area contributed by atoms with E-state index < -0.39 is 0 Å². The number of ether oxygens (including phenoxy) is 1. The molecular weight excluding hydrogens is 282 g/mol. The standard InChI is InChI=1S/C16H27N3OS/c1-5-20-15-9-7-14(8-10-15)13-19(4)16(21)17-11-6-12-18(2)3/h7-10H,5-6,11-13H2,1-4H3,(H,17,21). The van der Waals surface area contributed by atoms with Crippen LogP contribution in [0.4, 0.5) is 0 Å². The Morgan fingerprint density at radius 1 is 1.19 bits per heavy atom. The van der Waals surface area contributed by atoms with Crippen molar-refractivity contribution in [2.45, 2.75) is 19.9 Å². The van der Waals surface area contributed by atoms with Gasteiger partial charge in [0.15, 0.2) is 5.11 Å². The van der Waals surface area contributed by atoms with Crippen molar-refractivity contribution in [3.63, 3.8) is 0 Å². The van der Waals surface area contributed by atoms with Gasteiger partial charge < -0.3 is 19.9 Å². The monoisotopic (exact) mass is 309 g/mol. The molecule has 0 radical (unpaired) electrons. The zero-order chi connectivity index (χ0) is 15.7. The molecule has 0 amide bonds. The Kier molecular flexibility index (Phi) is 8.08. The summed E-state index contributed by atoms with van der Waals surface area (Å²) in [6.07, 6.45) is 1.09. The summed E-state index contributed by atoms with van der Waals surface area (Å²) in [6, 6.07) is 8.16. The quantitative estimate of drug-likeness (QED) is 0.588. The first-order chi connectivity index (χ1) is 10.0. The second kappa shape index (κ2) is 9.58. The van der Waals surface area contributed by atoms with Gasteiger partial charge in [0.2, 0.25) is 0 Å². The van der Waals surface area contributed by atoms with Gasteiger partial charge in [0.1, 0.15) is 5.75 Å². The van der Waals surface area contributed by atoms with E-state index in [1.54, 1.807) is 0 Å².